The molecule has 2 amide bonds. The third-order valence-corrected chi connectivity index (χ3v) is 6.48. The van der Waals surface area contributed by atoms with E-state index >= 15 is 0 Å². The molecule has 0 bridgehead atoms. The molecule has 2 aliphatic rings. The van der Waals surface area contributed by atoms with Gasteiger partial charge in [-0.25, -0.2) is 9.97 Å². The first kappa shape index (κ1) is 22.2. The summed E-state index contributed by atoms with van der Waals surface area (Å²) >= 11 is 0. The van der Waals surface area contributed by atoms with Gasteiger partial charge in [-0.15, -0.1) is 0 Å². The molecule has 2 fully saturated rings. The molecule has 2 aromatic rings. The summed E-state index contributed by atoms with van der Waals surface area (Å²) in [5.41, 5.74) is 1.39. The third kappa shape index (κ3) is 5.08. The van der Waals surface area contributed by atoms with E-state index < -0.39 is 5.54 Å². The zero-order valence-electron chi connectivity index (χ0n) is 19.2. The van der Waals surface area contributed by atoms with Crippen LogP contribution in [0.25, 0.3) is 0 Å². The summed E-state index contributed by atoms with van der Waals surface area (Å²) < 4.78 is 0. The van der Waals surface area contributed by atoms with Crippen LogP contribution in [-0.4, -0.2) is 49.0 Å². The Morgan fingerprint density at radius 3 is 2.59 bits per heavy atom. The molecule has 0 radical (unpaired) electrons. The highest BCUT2D eigenvalue weighted by atomic mass is 16.2. The van der Waals surface area contributed by atoms with Crippen LogP contribution in [0.5, 0.6) is 0 Å². The van der Waals surface area contributed by atoms with Crippen molar-refractivity contribution in [2.45, 2.75) is 83.7 Å². The Balaban J connectivity index is 1.52. The second-order valence-corrected chi connectivity index (χ2v) is 9.23. The molecule has 32 heavy (non-hydrogen) atoms. The van der Waals surface area contributed by atoms with Crippen molar-refractivity contribution >= 4 is 23.5 Å². The molecule has 172 valence electrons. The highest BCUT2D eigenvalue weighted by Crippen LogP contribution is 2.36. The second kappa shape index (κ2) is 9.26. The number of hydrogen-bond donors (Lipinski definition) is 3. The molecule has 2 aromatic heterocycles. The van der Waals surface area contributed by atoms with Crippen LogP contribution in [0.4, 0.5) is 11.6 Å². The van der Waals surface area contributed by atoms with Crippen molar-refractivity contribution in [2.75, 3.05) is 11.9 Å². The average Bonchev–Trinajstić information content (AvgIpc) is 3.36. The number of carbonyl (C=O) groups excluding carboxylic acids is 2. The predicted molar refractivity (Wildman–Crippen MR) is 121 cm³/mol. The summed E-state index contributed by atoms with van der Waals surface area (Å²) in [4.78, 5) is 36.4. The monoisotopic (exact) mass is 439 g/mol. The van der Waals surface area contributed by atoms with Crippen molar-refractivity contribution in [2.24, 2.45) is 0 Å². The minimum Gasteiger partial charge on any atom is -0.350 e. The van der Waals surface area contributed by atoms with E-state index in [9.17, 15) is 9.59 Å². The summed E-state index contributed by atoms with van der Waals surface area (Å²) in [5.74, 6) is 2.05. The Morgan fingerprint density at radius 1 is 1.12 bits per heavy atom. The van der Waals surface area contributed by atoms with Gasteiger partial charge in [0, 0.05) is 43.3 Å². The minimum atomic E-state index is -0.416. The summed E-state index contributed by atoms with van der Waals surface area (Å²) in [6, 6.07) is 3.75. The topological polar surface area (TPSA) is 116 Å². The largest absolute Gasteiger partial charge is 0.350 e. The van der Waals surface area contributed by atoms with Crippen molar-refractivity contribution in [1.82, 2.24) is 30.4 Å². The lowest BCUT2D eigenvalue weighted by Crippen LogP contribution is -2.52. The maximum atomic E-state index is 13.4. The fraction of sp³-hybridized carbons (Fsp3) is 0.609. The van der Waals surface area contributed by atoms with Crippen LogP contribution >= 0.6 is 0 Å². The van der Waals surface area contributed by atoms with Crippen molar-refractivity contribution < 1.29 is 9.59 Å². The predicted octanol–water partition coefficient (Wildman–Crippen LogP) is 3.45. The fourth-order valence-corrected chi connectivity index (χ4v) is 5.15. The molecule has 0 aromatic carbocycles. The first-order chi connectivity index (χ1) is 15.3. The smallest absolute Gasteiger partial charge is 0.225 e. The fourth-order valence-electron chi connectivity index (χ4n) is 5.15. The molecule has 1 aliphatic heterocycles. The number of hydrogen-bond acceptors (Lipinski definition) is 6. The summed E-state index contributed by atoms with van der Waals surface area (Å²) in [6.07, 6.45) is 7.14. The van der Waals surface area contributed by atoms with Gasteiger partial charge < -0.3 is 15.5 Å². The van der Waals surface area contributed by atoms with E-state index in [4.69, 9.17) is 0 Å². The maximum Gasteiger partial charge on any atom is 0.225 e. The Labute approximate surface area is 188 Å². The van der Waals surface area contributed by atoms with E-state index in [2.05, 4.69) is 30.8 Å². The number of amides is 2. The lowest BCUT2D eigenvalue weighted by atomic mass is 9.78. The van der Waals surface area contributed by atoms with Crippen LogP contribution < -0.4 is 10.6 Å². The highest BCUT2D eigenvalue weighted by Gasteiger charge is 2.39. The first-order valence-corrected chi connectivity index (χ1v) is 11.6. The number of H-pyrrole nitrogens is 1. The van der Waals surface area contributed by atoms with E-state index in [1.54, 1.807) is 6.92 Å². The van der Waals surface area contributed by atoms with Crippen molar-refractivity contribution in [3.8, 4) is 0 Å². The molecule has 1 aliphatic carbocycles. The van der Waals surface area contributed by atoms with Gasteiger partial charge in [0.2, 0.25) is 11.8 Å². The number of carbonyl (C=O) groups is 2. The number of likely N-dealkylation sites (tertiary alicyclic amines) is 1. The number of rotatable bonds is 6. The van der Waals surface area contributed by atoms with Crippen LogP contribution in [0.2, 0.25) is 0 Å². The van der Waals surface area contributed by atoms with Crippen molar-refractivity contribution in [1.29, 1.82) is 0 Å². The van der Waals surface area contributed by atoms with Gasteiger partial charge in [-0.2, -0.15) is 5.10 Å². The molecule has 9 heteroatoms. The number of nitrogens with one attached hydrogen (secondary N) is 3. The zero-order valence-corrected chi connectivity index (χ0v) is 19.2. The zero-order chi connectivity index (χ0) is 22.7. The number of nitrogens with zero attached hydrogens (tertiary/aromatic N) is 4. The normalized spacial score (nSPS) is 20.2. The maximum absolute atomic E-state index is 13.4. The molecule has 1 atom stereocenters. The van der Waals surface area contributed by atoms with Gasteiger partial charge in [-0.1, -0.05) is 19.3 Å². The van der Waals surface area contributed by atoms with E-state index in [-0.39, 0.29) is 17.9 Å². The summed E-state index contributed by atoms with van der Waals surface area (Å²) in [7, 11) is 0. The molecular formula is C23H33N7O2. The van der Waals surface area contributed by atoms with Gasteiger partial charge in [0.05, 0.1) is 11.7 Å². The number of aromatic amines is 1. The Morgan fingerprint density at radius 2 is 1.91 bits per heavy atom. The van der Waals surface area contributed by atoms with Crippen molar-refractivity contribution in [3.05, 3.63) is 29.3 Å². The molecule has 0 unspecified atom stereocenters. The van der Waals surface area contributed by atoms with Crippen LogP contribution in [0.15, 0.2) is 12.1 Å². The Kier molecular flexibility index (Phi) is 6.43. The lowest BCUT2D eigenvalue weighted by molar-refractivity contribution is -0.135. The average molecular weight is 440 g/mol. The van der Waals surface area contributed by atoms with Gasteiger partial charge in [0.15, 0.2) is 5.82 Å². The van der Waals surface area contributed by atoms with E-state index in [0.29, 0.717) is 30.4 Å². The van der Waals surface area contributed by atoms with Crippen LogP contribution in [0, 0.1) is 13.8 Å². The summed E-state index contributed by atoms with van der Waals surface area (Å²) in [6.45, 7) is 6.05. The van der Waals surface area contributed by atoms with Gasteiger partial charge in [-0.05, 0) is 39.5 Å². The third-order valence-electron chi connectivity index (χ3n) is 6.48. The van der Waals surface area contributed by atoms with Gasteiger partial charge in [-0.3, -0.25) is 14.7 Å². The molecule has 4 rings (SSSR count). The molecular weight excluding hydrogens is 406 g/mol. The van der Waals surface area contributed by atoms with Gasteiger partial charge >= 0.3 is 0 Å². The standard InChI is InChI=1S/C23H33N7O2/c1-15-12-21(29-28-15)26-20-13-18(24-16(2)25-20)19-8-7-11-30(19)22(32)14-23(27-17(3)31)9-5-4-6-10-23/h12-13,19H,4-11,14H2,1-3H3,(H,27,31)(H2,24,25,26,28,29)/t19-/m1/s1. The molecule has 1 saturated heterocycles. The molecule has 9 nitrogen and oxygen atoms in total. The number of aryl methyl sites for hydroxylation is 2. The van der Waals surface area contributed by atoms with Gasteiger partial charge in [0.1, 0.15) is 11.6 Å². The molecule has 3 N–H and O–H groups in total. The van der Waals surface area contributed by atoms with Crippen LogP contribution in [0.3, 0.4) is 0 Å². The number of anilines is 2. The van der Waals surface area contributed by atoms with Crippen LogP contribution in [0.1, 0.15) is 81.5 Å². The molecule has 0 spiro atoms. The van der Waals surface area contributed by atoms with E-state index in [1.165, 1.54) is 0 Å². The van der Waals surface area contributed by atoms with Crippen molar-refractivity contribution in [3.63, 3.8) is 0 Å². The molecule has 3 heterocycles. The van der Waals surface area contributed by atoms with Crippen LogP contribution in [-0.2, 0) is 9.59 Å². The highest BCUT2D eigenvalue weighted by molar-refractivity contribution is 5.80. The van der Waals surface area contributed by atoms with E-state index in [1.807, 2.05) is 30.9 Å². The first-order valence-electron chi connectivity index (χ1n) is 11.6. The lowest BCUT2D eigenvalue weighted by Gasteiger charge is -2.39. The second-order valence-electron chi connectivity index (χ2n) is 9.23. The Bertz CT molecular complexity index is 980. The summed E-state index contributed by atoms with van der Waals surface area (Å²) in [5, 5.41) is 13.5. The SMILES string of the molecule is CC(=O)NC1(CC(=O)N2CCC[C@@H]2c2cc(Nc3cc(C)[nH]n3)nc(C)n2)CCCCC1. The number of aromatic nitrogens is 4. The quantitative estimate of drug-likeness (QED) is 0.635. The van der Waals surface area contributed by atoms with E-state index in [0.717, 1.165) is 56.3 Å². The Hall–Kier alpha value is -2.97. The minimum absolute atomic E-state index is 0.0617. The molecule has 1 saturated carbocycles. The van der Waals surface area contributed by atoms with Gasteiger partial charge in [0.25, 0.3) is 0 Å².